The van der Waals surface area contributed by atoms with E-state index in [1.54, 1.807) is 6.07 Å². The van der Waals surface area contributed by atoms with Gasteiger partial charge in [-0.15, -0.1) is 0 Å². The van der Waals surface area contributed by atoms with Crippen molar-refractivity contribution in [1.29, 1.82) is 0 Å². The average Bonchev–Trinajstić information content (AvgIpc) is 2.84. The monoisotopic (exact) mass is 279 g/mol. The van der Waals surface area contributed by atoms with Crippen LogP contribution in [0, 0.1) is 12.7 Å². The molecule has 1 saturated heterocycles. The molecule has 0 radical (unpaired) electrons. The minimum absolute atomic E-state index is 0.0117. The fraction of sp³-hybridized carbons (Fsp3) is 0.625. The van der Waals surface area contributed by atoms with Gasteiger partial charge in [0.05, 0.1) is 12.2 Å². The summed E-state index contributed by atoms with van der Waals surface area (Å²) in [7, 11) is 0. The van der Waals surface area contributed by atoms with E-state index in [1.807, 2.05) is 6.92 Å². The molecule has 3 nitrogen and oxygen atoms in total. The van der Waals surface area contributed by atoms with Gasteiger partial charge in [-0.05, 0) is 31.4 Å². The summed E-state index contributed by atoms with van der Waals surface area (Å²) in [4.78, 5) is 0. The zero-order valence-electron chi connectivity index (χ0n) is 12.0. The van der Waals surface area contributed by atoms with E-state index in [4.69, 9.17) is 15.2 Å². The average molecular weight is 279 g/mol. The highest BCUT2D eigenvalue weighted by Gasteiger charge is 2.40. The molecule has 1 heterocycles. The number of nitrogens with two attached hydrogens (primary N) is 1. The Morgan fingerprint density at radius 3 is 2.85 bits per heavy atom. The minimum Gasteiger partial charge on any atom is -0.487 e. The Morgan fingerprint density at radius 2 is 2.10 bits per heavy atom. The third kappa shape index (κ3) is 2.62. The Kier molecular flexibility index (Phi) is 3.59. The van der Waals surface area contributed by atoms with Crippen molar-refractivity contribution in [3.05, 3.63) is 23.5 Å². The maximum absolute atomic E-state index is 13.9. The molecule has 1 unspecified atom stereocenters. The quantitative estimate of drug-likeness (QED) is 0.841. The van der Waals surface area contributed by atoms with E-state index in [2.05, 4.69) is 0 Å². The van der Waals surface area contributed by atoms with Crippen molar-refractivity contribution in [2.75, 3.05) is 12.3 Å². The highest BCUT2D eigenvalue weighted by Crippen LogP contribution is 2.41. The molecular weight excluding hydrogens is 257 g/mol. The number of halogens is 1. The molecule has 1 saturated carbocycles. The molecule has 0 aromatic heterocycles. The summed E-state index contributed by atoms with van der Waals surface area (Å²) in [6, 6.07) is 3.04. The molecule has 0 bridgehead atoms. The van der Waals surface area contributed by atoms with E-state index < -0.39 is 0 Å². The zero-order chi connectivity index (χ0) is 14.2. The van der Waals surface area contributed by atoms with Gasteiger partial charge in [-0.3, -0.25) is 0 Å². The zero-order valence-corrected chi connectivity index (χ0v) is 12.0. The number of ether oxygens (including phenoxy) is 2. The Bertz CT molecular complexity index is 497. The molecule has 1 aromatic carbocycles. The molecule has 3 rings (SSSR count). The van der Waals surface area contributed by atoms with Crippen LogP contribution in [0.25, 0.3) is 0 Å². The van der Waals surface area contributed by atoms with E-state index in [0.717, 1.165) is 31.2 Å². The molecule has 1 atom stereocenters. The fourth-order valence-corrected chi connectivity index (χ4v) is 3.39. The number of hydrogen-bond acceptors (Lipinski definition) is 3. The molecule has 0 amide bonds. The second kappa shape index (κ2) is 5.24. The normalized spacial score (nSPS) is 25.0. The lowest BCUT2D eigenvalue weighted by molar-refractivity contribution is -0.108. The number of hydrogen-bond donors (Lipinski definition) is 1. The Hall–Kier alpha value is -1.29. The van der Waals surface area contributed by atoms with Crippen molar-refractivity contribution in [1.82, 2.24) is 0 Å². The summed E-state index contributed by atoms with van der Waals surface area (Å²) in [5.74, 6) is -0.0585. The maximum Gasteiger partial charge on any atom is 0.167 e. The SMILES string of the molecule is Cc1cc(OC2CCOC3(CCCC3)C2)c(F)cc1N. The molecule has 1 aliphatic carbocycles. The molecule has 110 valence electrons. The van der Waals surface area contributed by atoms with Crippen LogP contribution >= 0.6 is 0 Å². The number of rotatable bonds is 2. The van der Waals surface area contributed by atoms with Crippen molar-refractivity contribution in [2.24, 2.45) is 0 Å². The molecule has 2 N–H and O–H groups in total. The van der Waals surface area contributed by atoms with Crippen molar-refractivity contribution < 1.29 is 13.9 Å². The minimum atomic E-state index is -0.375. The first kappa shape index (κ1) is 13.7. The van der Waals surface area contributed by atoms with Crippen molar-refractivity contribution in [3.8, 4) is 5.75 Å². The van der Waals surface area contributed by atoms with E-state index in [9.17, 15) is 4.39 Å². The Labute approximate surface area is 119 Å². The highest BCUT2D eigenvalue weighted by molar-refractivity contribution is 5.50. The van der Waals surface area contributed by atoms with Crippen LogP contribution in [0.1, 0.15) is 44.1 Å². The van der Waals surface area contributed by atoms with Crippen LogP contribution in [-0.4, -0.2) is 18.3 Å². The first-order valence-corrected chi connectivity index (χ1v) is 7.44. The topological polar surface area (TPSA) is 44.5 Å². The standard InChI is InChI=1S/C16H22FNO2/c1-11-8-15(13(17)9-14(11)18)20-12-4-7-19-16(10-12)5-2-3-6-16/h8-9,12H,2-7,10,18H2,1H3. The molecule has 1 aromatic rings. The predicted molar refractivity (Wildman–Crippen MR) is 76.4 cm³/mol. The van der Waals surface area contributed by atoms with Gasteiger partial charge >= 0.3 is 0 Å². The van der Waals surface area contributed by atoms with Crippen LogP contribution in [0.3, 0.4) is 0 Å². The summed E-state index contributed by atoms with van der Waals surface area (Å²) in [5.41, 5.74) is 7.01. The molecule has 1 spiro atoms. The van der Waals surface area contributed by atoms with E-state index >= 15 is 0 Å². The molecule has 1 aliphatic heterocycles. The van der Waals surface area contributed by atoms with Crippen molar-refractivity contribution >= 4 is 5.69 Å². The smallest absolute Gasteiger partial charge is 0.167 e. The van der Waals surface area contributed by atoms with E-state index in [-0.39, 0.29) is 17.5 Å². The van der Waals surface area contributed by atoms with Gasteiger partial charge in [-0.2, -0.15) is 0 Å². The van der Waals surface area contributed by atoms with Crippen molar-refractivity contribution in [2.45, 2.75) is 57.2 Å². The Balaban J connectivity index is 1.73. The van der Waals surface area contributed by atoms with Gasteiger partial charge in [0, 0.05) is 24.6 Å². The molecule has 2 fully saturated rings. The van der Waals surface area contributed by atoms with Gasteiger partial charge in [0.1, 0.15) is 6.10 Å². The lowest BCUT2D eigenvalue weighted by Gasteiger charge is -2.38. The summed E-state index contributed by atoms with van der Waals surface area (Å²) in [6.07, 6.45) is 6.40. The van der Waals surface area contributed by atoms with Crippen LogP contribution in [0.4, 0.5) is 10.1 Å². The first-order chi connectivity index (χ1) is 9.58. The van der Waals surface area contributed by atoms with Gasteiger partial charge in [-0.25, -0.2) is 4.39 Å². The first-order valence-electron chi connectivity index (χ1n) is 7.44. The molecule has 4 heteroatoms. The molecule has 2 aliphatic rings. The lowest BCUT2D eigenvalue weighted by Crippen LogP contribution is -2.41. The summed E-state index contributed by atoms with van der Waals surface area (Å²) in [5, 5.41) is 0. The number of benzene rings is 1. The van der Waals surface area contributed by atoms with Gasteiger partial charge in [0.2, 0.25) is 0 Å². The van der Waals surface area contributed by atoms with E-state index in [1.165, 1.54) is 18.9 Å². The van der Waals surface area contributed by atoms with Crippen LogP contribution in [0.2, 0.25) is 0 Å². The largest absolute Gasteiger partial charge is 0.487 e. The van der Waals surface area contributed by atoms with Gasteiger partial charge in [0.15, 0.2) is 11.6 Å². The number of aryl methyl sites for hydroxylation is 1. The lowest BCUT2D eigenvalue weighted by atomic mass is 9.90. The Morgan fingerprint density at radius 1 is 1.35 bits per heavy atom. The number of anilines is 1. The van der Waals surface area contributed by atoms with Gasteiger partial charge in [-0.1, -0.05) is 12.8 Å². The highest BCUT2D eigenvalue weighted by atomic mass is 19.1. The molecule has 20 heavy (non-hydrogen) atoms. The third-order valence-electron chi connectivity index (χ3n) is 4.58. The second-order valence-corrected chi connectivity index (χ2v) is 6.11. The van der Waals surface area contributed by atoms with Gasteiger partial charge in [0.25, 0.3) is 0 Å². The second-order valence-electron chi connectivity index (χ2n) is 6.11. The number of nitrogen functional groups attached to an aromatic ring is 1. The van der Waals surface area contributed by atoms with Crippen molar-refractivity contribution in [3.63, 3.8) is 0 Å². The molecular formula is C16H22FNO2. The fourth-order valence-electron chi connectivity index (χ4n) is 3.39. The summed E-state index contributed by atoms with van der Waals surface area (Å²) in [6.45, 7) is 2.57. The summed E-state index contributed by atoms with van der Waals surface area (Å²) >= 11 is 0. The van der Waals surface area contributed by atoms with Crippen LogP contribution in [0.5, 0.6) is 5.75 Å². The van der Waals surface area contributed by atoms with E-state index in [0.29, 0.717) is 18.0 Å². The predicted octanol–water partition coefficient (Wildman–Crippen LogP) is 3.59. The van der Waals surface area contributed by atoms with Crippen LogP contribution in [0.15, 0.2) is 12.1 Å². The summed E-state index contributed by atoms with van der Waals surface area (Å²) < 4.78 is 25.8. The van der Waals surface area contributed by atoms with Crippen LogP contribution in [-0.2, 0) is 4.74 Å². The van der Waals surface area contributed by atoms with Crippen LogP contribution < -0.4 is 10.5 Å². The maximum atomic E-state index is 13.9. The third-order valence-corrected chi connectivity index (χ3v) is 4.58. The van der Waals surface area contributed by atoms with Gasteiger partial charge < -0.3 is 15.2 Å².